The van der Waals surface area contributed by atoms with Crippen LogP contribution in [-0.4, -0.2) is 37.3 Å². The third-order valence-corrected chi connectivity index (χ3v) is 9.70. The molecule has 1 N–H and O–H groups in total. The van der Waals surface area contributed by atoms with Gasteiger partial charge in [0.1, 0.15) is 6.10 Å². The Morgan fingerprint density at radius 1 is 0.920 bits per heavy atom. The molecule has 5 heteroatoms. The Bertz CT molecular complexity index is 509. The van der Waals surface area contributed by atoms with Crippen LogP contribution in [0.15, 0.2) is 11.5 Å². The van der Waals surface area contributed by atoms with Gasteiger partial charge in [0.05, 0.1) is 12.2 Å². The van der Waals surface area contributed by atoms with E-state index in [1.165, 1.54) is 0 Å². The highest BCUT2D eigenvalue weighted by Gasteiger charge is 2.65. The van der Waals surface area contributed by atoms with E-state index < -0.39 is 25.4 Å². The fourth-order valence-corrected chi connectivity index (χ4v) is 3.86. The van der Waals surface area contributed by atoms with Crippen LogP contribution < -0.4 is 0 Å². The lowest BCUT2D eigenvalue weighted by Crippen LogP contribution is -2.67. The molecule has 0 aromatic rings. The molecule has 0 heterocycles. The Morgan fingerprint density at radius 2 is 1.36 bits per heavy atom. The van der Waals surface area contributed by atoms with Crippen molar-refractivity contribution in [3.8, 4) is 0 Å². The van der Waals surface area contributed by atoms with Gasteiger partial charge in [-0.3, -0.25) is 0 Å². The Hall–Kier alpha value is -0.523. The summed E-state index contributed by atoms with van der Waals surface area (Å²) in [7, 11) is -2.10. The third kappa shape index (κ3) is 4.25. The van der Waals surface area contributed by atoms with Crippen molar-refractivity contribution in [2.75, 3.05) is 0 Å². The molecule has 148 valence electrons. The topological polar surface area (TPSA) is 47.9 Å². The first kappa shape index (κ1) is 22.5. The zero-order chi connectivity index (χ0) is 20.0. The zero-order valence-corrected chi connectivity index (χ0v) is 19.4. The average Bonchev–Trinajstić information content (AvgIpc) is 2.37. The molecule has 1 aliphatic carbocycles. The maximum atomic E-state index is 11.7. The Labute approximate surface area is 156 Å². The van der Waals surface area contributed by atoms with Gasteiger partial charge in [0, 0.05) is 5.41 Å². The fraction of sp³-hybridized carbons (Fsp3) is 0.900. The molecule has 0 radical (unpaired) electrons. The summed E-state index contributed by atoms with van der Waals surface area (Å²) in [5, 5.41) is 11.7. The van der Waals surface area contributed by atoms with Crippen molar-refractivity contribution in [1.82, 2.24) is 0 Å². The summed E-state index contributed by atoms with van der Waals surface area (Å²) in [6, 6.07) is 0. The second-order valence-corrected chi connectivity index (χ2v) is 15.1. The number of hydrogen-bond acceptors (Lipinski definition) is 4. The molecule has 0 amide bonds. The normalized spacial score (nSPS) is 25.5. The molecule has 0 aromatic carbocycles. The van der Waals surface area contributed by atoms with Gasteiger partial charge in [0.2, 0.25) is 0 Å². The van der Waals surface area contributed by atoms with Crippen molar-refractivity contribution >= 4 is 8.32 Å². The number of ether oxygens (including phenoxy) is 2. The van der Waals surface area contributed by atoms with Crippen LogP contribution >= 0.6 is 0 Å². The second-order valence-electron chi connectivity index (χ2n) is 10.3. The van der Waals surface area contributed by atoms with Crippen molar-refractivity contribution in [3.63, 3.8) is 0 Å². The van der Waals surface area contributed by atoms with Crippen LogP contribution in [0.25, 0.3) is 0 Å². The highest BCUT2D eigenvalue weighted by Crippen LogP contribution is 2.54. The van der Waals surface area contributed by atoms with Crippen LogP contribution in [-0.2, 0) is 13.9 Å². The van der Waals surface area contributed by atoms with Crippen LogP contribution in [0.1, 0.15) is 69.2 Å². The van der Waals surface area contributed by atoms with E-state index in [2.05, 4.69) is 33.9 Å². The standard InChI is InChI=1S/C20H40O4Si/c1-13(2)22-15-16(23-14(3)4)20(21,18(5,6)7)17(15)24-25(11,12)19(8,9)10/h13-14,17,21H,1-12H3. The first-order valence-electron chi connectivity index (χ1n) is 9.43. The SMILES string of the molecule is CC(C)OC1=C(OC(C)C)C(O)(C(C)(C)C)C1O[Si](C)(C)C(C)(C)C. The van der Waals surface area contributed by atoms with E-state index in [4.69, 9.17) is 13.9 Å². The largest absolute Gasteiger partial charge is 0.489 e. The third-order valence-electron chi connectivity index (χ3n) is 5.27. The van der Waals surface area contributed by atoms with Gasteiger partial charge in [-0.15, -0.1) is 0 Å². The van der Waals surface area contributed by atoms with E-state index in [9.17, 15) is 5.11 Å². The lowest BCUT2D eigenvalue weighted by Gasteiger charge is -2.56. The van der Waals surface area contributed by atoms with E-state index >= 15 is 0 Å². The molecule has 0 saturated heterocycles. The van der Waals surface area contributed by atoms with Gasteiger partial charge in [-0.2, -0.15) is 0 Å². The summed E-state index contributed by atoms with van der Waals surface area (Å²) in [4.78, 5) is 0. The van der Waals surface area contributed by atoms with E-state index in [1.807, 2.05) is 48.5 Å². The Balaban J connectivity index is 3.42. The minimum absolute atomic E-state index is 0.00389. The van der Waals surface area contributed by atoms with Gasteiger partial charge < -0.3 is 19.0 Å². The average molecular weight is 373 g/mol. The minimum atomic E-state index is -2.10. The molecule has 0 fully saturated rings. The van der Waals surface area contributed by atoms with Gasteiger partial charge in [-0.05, 0) is 45.8 Å². The maximum Gasteiger partial charge on any atom is 0.193 e. The first-order valence-corrected chi connectivity index (χ1v) is 12.3. The molecule has 2 atom stereocenters. The molecule has 0 spiro atoms. The van der Waals surface area contributed by atoms with Crippen LogP contribution in [0.3, 0.4) is 0 Å². The van der Waals surface area contributed by atoms with E-state index in [-0.39, 0.29) is 17.2 Å². The molecule has 1 aliphatic rings. The predicted octanol–water partition coefficient (Wildman–Crippen LogP) is 5.23. The van der Waals surface area contributed by atoms with E-state index in [1.54, 1.807) is 0 Å². The smallest absolute Gasteiger partial charge is 0.193 e. The molecule has 4 nitrogen and oxygen atoms in total. The van der Waals surface area contributed by atoms with Crippen LogP contribution in [0.2, 0.25) is 18.1 Å². The lowest BCUT2D eigenvalue weighted by molar-refractivity contribution is -0.187. The quantitative estimate of drug-likeness (QED) is 0.649. The van der Waals surface area contributed by atoms with Gasteiger partial charge >= 0.3 is 0 Å². The maximum absolute atomic E-state index is 11.7. The molecule has 0 aliphatic heterocycles. The van der Waals surface area contributed by atoms with Crippen molar-refractivity contribution in [3.05, 3.63) is 11.5 Å². The summed E-state index contributed by atoms with van der Waals surface area (Å²) < 4.78 is 18.7. The molecular formula is C20H40O4Si. The first-order chi connectivity index (χ1) is 10.9. The second kappa shape index (κ2) is 6.89. The fourth-order valence-electron chi connectivity index (χ4n) is 2.63. The van der Waals surface area contributed by atoms with E-state index in [0.29, 0.717) is 11.5 Å². The lowest BCUT2D eigenvalue weighted by atomic mass is 9.64. The summed E-state index contributed by atoms with van der Waals surface area (Å²) in [5.41, 5.74) is -1.63. The van der Waals surface area contributed by atoms with Crippen molar-refractivity contribution in [2.24, 2.45) is 5.41 Å². The Kier molecular flexibility index (Phi) is 6.21. The Morgan fingerprint density at radius 3 is 1.68 bits per heavy atom. The summed E-state index contributed by atoms with van der Waals surface area (Å²) in [6.07, 6.45) is -0.538. The summed E-state index contributed by atoms with van der Waals surface area (Å²) in [6.45, 7) is 25.0. The highest BCUT2D eigenvalue weighted by atomic mass is 28.4. The minimum Gasteiger partial charge on any atom is -0.489 e. The highest BCUT2D eigenvalue weighted by molar-refractivity contribution is 6.74. The van der Waals surface area contributed by atoms with Gasteiger partial charge in [-0.25, -0.2) is 0 Å². The molecular weight excluding hydrogens is 332 g/mol. The van der Waals surface area contributed by atoms with Crippen molar-refractivity contribution in [2.45, 2.75) is 111 Å². The van der Waals surface area contributed by atoms with E-state index in [0.717, 1.165) is 0 Å². The van der Waals surface area contributed by atoms with Crippen molar-refractivity contribution in [1.29, 1.82) is 0 Å². The van der Waals surface area contributed by atoms with Crippen molar-refractivity contribution < 1.29 is 19.0 Å². The van der Waals surface area contributed by atoms with Crippen LogP contribution in [0.4, 0.5) is 0 Å². The number of rotatable bonds is 6. The van der Waals surface area contributed by atoms with Gasteiger partial charge in [0.25, 0.3) is 0 Å². The van der Waals surface area contributed by atoms with Gasteiger partial charge in [-0.1, -0.05) is 41.5 Å². The molecule has 0 aromatic heterocycles. The molecule has 25 heavy (non-hydrogen) atoms. The summed E-state index contributed by atoms with van der Waals surface area (Å²) >= 11 is 0. The molecule has 2 unspecified atom stereocenters. The monoisotopic (exact) mass is 372 g/mol. The number of aliphatic hydroxyl groups is 1. The molecule has 1 rings (SSSR count). The van der Waals surface area contributed by atoms with Crippen LogP contribution in [0.5, 0.6) is 0 Å². The van der Waals surface area contributed by atoms with Crippen LogP contribution in [0, 0.1) is 5.41 Å². The molecule has 0 bridgehead atoms. The summed E-state index contributed by atoms with van der Waals surface area (Å²) in [5.74, 6) is 1.19. The predicted molar refractivity (Wildman–Crippen MR) is 106 cm³/mol. The molecule has 0 saturated carbocycles. The number of hydrogen-bond donors (Lipinski definition) is 1. The van der Waals surface area contributed by atoms with Gasteiger partial charge in [0.15, 0.2) is 25.4 Å². The zero-order valence-electron chi connectivity index (χ0n) is 18.4.